The van der Waals surface area contributed by atoms with Crippen molar-refractivity contribution in [2.24, 2.45) is 5.73 Å². The zero-order valence-corrected chi connectivity index (χ0v) is 9.00. The second kappa shape index (κ2) is 5.32. The Kier molecular flexibility index (Phi) is 3.56. The number of hydrogen-bond donors (Lipinski definition) is 1. The first-order chi connectivity index (χ1) is 7.92. The molecule has 2 N–H and O–H groups in total. The van der Waals surface area contributed by atoms with Gasteiger partial charge in [-0.25, -0.2) is 9.97 Å². The predicted molar refractivity (Wildman–Crippen MR) is 62.6 cm³/mol. The van der Waals surface area contributed by atoms with E-state index in [0.717, 1.165) is 24.1 Å². The van der Waals surface area contributed by atoms with Crippen LogP contribution in [0.15, 0.2) is 37.1 Å². The van der Waals surface area contributed by atoms with Crippen molar-refractivity contribution in [3.8, 4) is 11.3 Å². The largest absolute Gasteiger partial charge is 0.330 e. The van der Waals surface area contributed by atoms with Crippen molar-refractivity contribution in [2.75, 3.05) is 6.54 Å². The summed E-state index contributed by atoms with van der Waals surface area (Å²) in [5, 5.41) is 0. The van der Waals surface area contributed by atoms with Gasteiger partial charge in [0.25, 0.3) is 0 Å². The quantitative estimate of drug-likeness (QED) is 0.836. The molecule has 0 aliphatic heterocycles. The molecule has 0 aromatic carbocycles. The van der Waals surface area contributed by atoms with E-state index in [4.69, 9.17) is 5.73 Å². The molecule has 0 aliphatic rings. The molecule has 2 heterocycles. The number of nitrogens with zero attached hydrogens (tertiary/aromatic N) is 3. The van der Waals surface area contributed by atoms with Gasteiger partial charge in [-0.1, -0.05) is 0 Å². The van der Waals surface area contributed by atoms with E-state index < -0.39 is 0 Å². The zero-order valence-electron chi connectivity index (χ0n) is 9.00. The lowest BCUT2D eigenvalue weighted by Gasteiger charge is -2.07. The van der Waals surface area contributed by atoms with Crippen LogP contribution in [-0.4, -0.2) is 21.5 Å². The molecule has 0 atom stereocenters. The second-order valence-electron chi connectivity index (χ2n) is 3.52. The maximum Gasteiger partial charge on any atom is 0.116 e. The van der Waals surface area contributed by atoms with Crippen LogP contribution in [0.2, 0.25) is 0 Å². The van der Waals surface area contributed by atoms with E-state index >= 15 is 0 Å². The van der Waals surface area contributed by atoms with Gasteiger partial charge in [0.1, 0.15) is 6.33 Å². The topological polar surface area (TPSA) is 64.7 Å². The van der Waals surface area contributed by atoms with E-state index in [-0.39, 0.29) is 0 Å². The Morgan fingerprint density at radius 1 is 1.12 bits per heavy atom. The average Bonchev–Trinajstić information content (AvgIpc) is 2.38. The summed E-state index contributed by atoms with van der Waals surface area (Å²) in [5.74, 6) is 0. The lowest BCUT2D eigenvalue weighted by atomic mass is 10.0. The minimum absolute atomic E-state index is 0.693. The maximum absolute atomic E-state index is 5.52. The highest BCUT2D eigenvalue weighted by Crippen LogP contribution is 2.20. The van der Waals surface area contributed by atoms with Gasteiger partial charge in [0.2, 0.25) is 0 Å². The van der Waals surface area contributed by atoms with E-state index in [1.54, 1.807) is 18.7 Å². The Labute approximate surface area is 94.6 Å². The van der Waals surface area contributed by atoms with Crippen LogP contribution >= 0.6 is 0 Å². The van der Waals surface area contributed by atoms with Gasteiger partial charge < -0.3 is 5.73 Å². The molecule has 0 bridgehead atoms. The van der Waals surface area contributed by atoms with Crippen LogP contribution in [-0.2, 0) is 6.42 Å². The van der Waals surface area contributed by atoms with Crippen LogP contribution in [0.5, 0.6) is 0 Å². The van der Waals surface area contributed by atoms with Gasteiger partial charge in [-0.05, 0) is 37.1 Å². The summed E-state index contributed by atoms with van der Waals surface area (Å²) in [6.07, 6.45) is 8.86. The molecule has 4 nitrogen and oxygen atoms in total. The molecular weight excluding hydrogens is 200 g/mol. The Bertz CT molecular complexity index is 442. The second-order valence-corrected chi connectivity index (χ2v) is 3.52. The minimum atomic E-state index is 0.693. The van der Waals surface area contributed by atoms with Crippen LogP contribution in [0.1, 0.15) is 12.0 Å². The Morgan fingerprint density at radius 3 is 2.75 bits per heavy atom. The highest BCUT2D eigenvalue weighted by molar-refractivity contribution is 5.62. The average molecular weight is 214 g/mol. The van der Waals surface area contributed by atoms with Crippen molar-refractivity contribution in [1.29, 1.82) is 0 Å². The first-order valence-corrected chi connectivity index (χ1v) is 5.31. The van der Waals surface area contributed by atoms with E-state index in [1.807, 2.05) is 18.3 Å². The van der Waals surface area contributed by atoms with Crippen LogP contribution in [0.25, 0.3) is 11.3 Å². The maximum atomic E-state index is 5.52. The lowest BCUT2D eigenvalue weighted by molar-refractivity contribution is 0.829. The van der Waals surface area contributed by atoms with Crippen LogP contribution in [0.4, 0.5) is 0 Å². The van der Waals surface area contributed by atoms with Gasteiger partial charge in [0.15, 0.2) is 0 Å². The van der Waals surface area contributed by atoms with Crippen LogP contribution < -0.4 is 5.73 Å². The fraction of sp³-hybridized carbons (Fsp3) is 0.250. The first-order valence-electron chi connectivity index (χ1n) is 5.31. The third kappa shape index (κ3) is 2.41. The Hall–Kier alpha value is -1.81. The summed E-state index contributed by atoms with van der Waals surface area (Å²) >= 11 is 0. The van der Waals surface area contributed by atoms with E-state index in [2.05, 4.69) is 15.0 Å². The number of nitrogens with two attached hydrogens (primary N) is 1. The van der Waals surface area contributed by atoms with Crippen molar-refractivity contribution in [1.82, 2.24) is 15.0 Å². The minimum Gasteiger partial charge on any atom is -0.330 e. The highest BCUT2D eigenvalue weighted by Gasteiger charge is 2.05. The fourth-order valence-corrected chi connectivity index (χ4v) is 1.62. The summed E-state index contributed by atoms with van der Waals surface area (Å²) in [6, 6.07) is 3.88. The molecule has 2 aromatic rings. The van der Waals surface area contributed by atoms with Crippen LogP contribution in [0, 0.1) is 0 Å². The standard InChI is InChI=1S/C12H14N4/c13-5-1-2-10-8-14-6-3-11(10)12-4-7-15-9-16-12/h3-4,6-9H,1-2,5,13H2. The third-order valence-electron chi connectivity index (χ3n) is 2.41. The smallest absolute Gasteiger partial charge is 0.116 e. The molecule has 0 aliphatic carbocycles. The van der Waals surface area contributed by atoms with Gasteiger partial charge in [-0.2, -0.15) is 0 Å². The Balaban J connectivity index is 2.33. The molecule has 0 amide bonds. The molecule has 16 heavy (non-hydrogen) atoms. The summed E-state index contributed by atoms with van der Waals surface area (Å²) in [5.41, 5.74) is 8.76. The molecule has 0 spiro atoms. The fourth-order valence-electron chi connectivity index (χ4n) is 1.62. The van der Waals surface area contributed by atoms with E-state index in [0.29, 0.717) is 6.54 Å². The molecule has 82 valence electrons. The van der Waals surface area contributed by atoms with Gasteiger partial charge in [-0.3, -0.25) is 4.98 Å². The van der Waals surface area contributed by atoms with E-state index in [9.17, 15) is 0 Å². The lowest BCUT2D eigenvalue weighted by Crippen LogP contribution is -2.02. The molecule has 0 radical (unpaired) electrons. The van der Waals surface area contributed by atoms with Crippen molar-refractivity contribution < 1.29 is 0 Å². The van der Waals surface area contributed by atoms with Gasteiger partial charge in [0.05, 0.1) is 5.69 Å². The molecule has 2 rings (SSSR count). The monoisotopic (exact) mass is 214 g/mol. The summed E-state index contributed by atoms with van der Waals surface area (Å²) < 4.78 is 0. The van der Waals surface area contributed by atoms with Gasteiger partial charge >= 0.3 is 0 Å². The predicted octanol–water partition coefficient (Wildman–Crippen LogP) is 1.43. The third-order valence-corrected chi connectivity index (χ3v) is 2.41. The number of rotatable bonds is 4. The van der Waals surface area contributed by atoms with Crippen molar-refractivity contribution in [3.05, 3.63) is 42.6 Å². The van der Waals surface area contributed by atoms with Crippen molar-refractivity contribution in [2.45, 2.75) is 12.8 Å². The number of aromatic nitrogens is 3. The molecule has 2 aromatic heterocycles. The molecule has 0 fully saturated rings. The number of aryl methyl sites for hydroxylation is 1. The summed E-state index contributed by atoms with van der Waals surface area (Å²) in [7, 11) is 0. The summed E-state index contributed by atoms with van der Waals surface area (Å²) in [4.78, 5) is 12.3. The first kappa shape index (κ1) is 10.7. The van der Waals surface area contributed by atoms with Crippen molar-refractivity contribution >= 4 is 0 Å². The van der Waals surface area contributed by atoms with Crippen molar-refractivity contribution in [3.63, 3.8) is 0 Å². The summed E-state index contributed by atoms with van der Waals surface area (Å²) in [6.45, 7) is 0.693. The van der Waals surface area contributed by atoms with E-state index in [1.165, 1.54) is 5.56 Å². The molecular formula is C12H14N4. The zero-order chi connectivity index (χ0) is 11.2. The van der Waals surface area contributed by atoms with Crippen LogP contribution in [0.3, 0.4) is 0 Å². The molecule has 0 unspecified atom stereocenters. The number of pyridine rings is 1. The molecule has 0 saturated carbocycles. The molecule has 4 heteroatoms. The van der Waals surface area contributed by atoms with Gasteiger partial charge in [0, 0.05) is 24.2 Å². The Morgan fingerprint density at radius 2 is 2.00 bits per heavy atom. The number of hydrogen-bond acceptors (Lipinski definition) is 4. The SMILES string of the molecule is NCCCc1cnccc1-c1ccncn1. The molecule has 0 saturated heterocycles. The highest BCUT2D eigenvalue weighted by atomic mass is 14.8. The normalized spacial score (nSPS) is 10.3. The van der Waals surface area contributed by atoms with Gasteiger partial charge in [-0.15, -0.1) is 0 Å².